The lowest BCUT2D eigenvalue weighted by Gasteiger charge is -2.40. The highest BCUT2D eigenvalue weighted by Crippen LogP contribution is 2.42. The summed E-state index contributed by atoms with van der Waals surface area (Å²) in [4.78, 5) is 0. The molecule has 0 aromatic carbocycles. The molecule has 0 aliphatic heterocycles. The Morgan fingerprint density at radius 1 is 0.947 bits per heavy atom. The fraction of sp³-hybridized carbons (Fsp3) is 1.00. The fourth-order valence-corrected chi connectivity index (χ4v) is 4.63. The number of ether oxygens (including phenoxy) is 1. The van der Waals surface area contributed by atoms with Crippen LogP contribution in [0.2, 0.25) is 0 Å². The number of methoxy groups -OCH3 is 1. The summed E-state index contributed by atoms with van der Waals surface area (Å²) < 4.78 is 5.60. The van der Waals surface area contributed by atoms with E-state index in [0.29, 0.717) is 6.10 Å². The number of hydrogen-bond donors (Lipinski definition) is 0. The molecule has 2 saturated carbocycles. The summed E-state index contributed by atoms with van der Waals surface area (Å²) in [5.74, 6) is 3.89. The Morgan fingerprint density at radius 2 is 1.63 bits per heavy atom. The van der Waals surface area contributed by atoms with Crippen molar-refractivity contribution in [1.29, 1.82) is 0 Å². The number of unbranched alkanes of at least 4 members (excludes halogenated alkanes) is 1. The van der Waals surface area contributed by atoms with Gasteiger partial charge in [-0.25, -0.2) is 0 Å². The third-order valence-electron chi connectivity index (χ3n) is 5.96. The maximum atomic E-state index is 5.60. The van der Waals surface area contributed by atoms with Crippen LogP contribution in [0.15, 0.2) is 0 Å². The molecule has 0 spiro atoms. The molecule has 112 valence electrons. The van der Waals surface area contributed by atoms with E-state index in [1.54, 1.807) is 0 Å². The summed E-state index contributed by atoms with van der Waals surface area (Å²) in [6.45, 7) is 4.72. The first-order valence-corrected chi connectivity index (χ1v) is 8.77. The molecule has 0 heterocycles. The van der Waals surface area contributed by atoms with Gasteiger partial charge >= 0.3 is 0 Å². The summed E-state index contributed by atoms with van der Waals surface area (Å²) in [5, 5.41) is 0. The molecule has 2 aliphatic carbocycles. The van der Waals surface area contributed by atoms with Crippen LogP contribution < -0.4 is 0 Å². The van der Waals surface area contributed by atoms with E-state index in [9.17, 15) is 0 Å². The van der Waals surface area contributed by atoms with E-state index in [-0.39, 0.29) is 0 Å². The SMILES string of the molecule is CCCCC1CCC(C2CCC(OC)C(C)C2)CC1. The van der Waals surface area contributed by atoms with E-state index in [0.717, 1.165) is 23.7 Å². The van der Waals surface area contributed by atoms with Gasteiger partial charge in [0.1, 0.15) is 0 Å². The van der Waals surface area contributed by atoms with E-state index >= 15 is 0 Å². The van der Waals surface area contributed by atoms with Gasteiger partial charge in [0.05, 0.1) is 6.10 Å². The van der Waals surface area contributed by atoms with E-state index < -0.39 is 0 Å². The fourth-order valence-electron chi connectivity index (χ4n) is 4.63. The summed E-state index contributed by atoms with van der Waals surface area (Å²) >= 11 is 0. The van der Waals surface area contributed by atoms with E-state index in [1.807, 2.05) is 7.11 Å². The normalized spacial score (nSPS) is 40.3. The molecular weight excluding hydrogens is 232 g/mol. The molecule has 1 nitrogen and oxygen atoms in total. The van der Waals surface area contributed by atoms with Gasteiger partial charge < -0.3 is 4.74 Å². The predicted octanol–water partition coefficient (Wildman–Crippen LogP) is 5.43. The van der Waals surface area contributed by atoms with Crippen molar-refractivity contribution in [3.8, 4) is 0 Å². The van der Waals surface area contributed by atoms with Crippen molar-refractivity contribution >= 4 is 0 Å². The van der Waals surface area contributed by atoms with E-state index in [1.165, 1.54) is 64.2 Å². The second kappa shape index (κ2) is 7.67. The first kappa shape index (κ1) is 15.4. The van der Waals surface area contributed by atoms with Gasteiger partial charge in [0, 0.05) is 7.11 Å². The minimum atomic E-state index is 0.539. The van der Waals surface area contributed by atoms with Gasteiger partial charge in [0.25, 0.3) is 0 Å². The zero-order chi connectivity index (χ0) is 13.7. The molecule has 2 rings (SSSR count). The Kier molecular flexibility index (Phi) is 6.19. The molecule has 3 unspecified atom stereocenters. The first-order valence-electron chi connectivity index (χ1n) is 8.77. The summed E-state index contributed by atoms with van der Waals surface area (Å²) in [5.41, 5.74) is 0. The lowest BCUT2D eigenvalue weighted by Crippen LogP contribution is -2.33. The largest absolute Gasteiger partial charge is 0.381 e. The van der Waals surface area contributed by atoms with Crippen molar-refractivity contribution in [3.63, 3.8) is 0 Å². The van der Waals surface area contributed by atoms with Crippen LogP contribution in [-0.2, 0) is 4.74 Å². The van der Waals surface area contributed by atoms with Crippen molar-refractivity contribution in [2.45, 2.75) is 84.2 Å². The molecule has 0 N–H and O–H groups in total. The van der Waals surface area contributed by atoms with Crippen LogP contribution >= 0.6 is 0 Å². The summed E-state index contributed by atoms with van der Waals surface area (Å²) in [6.07, 6.45) is 15.1. The van der Waals surface area contributed by atoms with Gasteiger partial charge in [-0.1, -0.05) is 46.0 Å². The second-order valence-corrected chi connectivity index (χ2v) is 7.25. The molecule has 1 heteroatoms. The Hall–Kier alpha value is -0.0400. The van der Waals surface area contributed by atoms with Crippen LogP contribution in [0.25, 0.3) is 0 Å². The maximum Gasteiger partial charge on any atom is 0.0597 e. The molecule has 0 aromatic heterocycles. The number of rotatable bonds is 5. The average molecular weight is 266 g/mol. The van der Waals surface area contributed by atoms with Gasteiger partial charge in [0.2, 0.25) is 0 Å². The standard InChI is InChI=1S/C18H34O/c1-4-5-6-15-7-9-16(10-8-15)17-11-12-18(19-3)14(2)13-17/h14-18H,4-13H2,1-3H3. The third-order valence-corrected chi connectivity index (χ3v) is 5.96. The lowest BCUT2D eigenvalue weighted by molar-refractivity contribution is -0.000221. The predicted molar refractivity (Wildman–Crippen MR) is 82.3 cm³/mol. The Bertz CT molecular complexity index is 242. The topological polar surface area (TPSA) is 9.23 Å². The van der Waals surface area contributed by atoms with Crippen LogP contribution in [0.4, 0.5) is 0 Å². The zero-order valence-electron chi connectivity index (χ0n) is 13.4. The van der Waals surface area contributed by atoms with Gasteiger partial charge in [-0.2, -0.15) is 0 Å². The molecular formula is C18H34O. The average Bonchev–Trinajstić information content (AvgIpc) is 2.45. The van der Waals surface area contributed by atoms with E-state index in [2.05, 4.69) is 13.8 Å². The van der Waals surface area contributed by atoms with Crippen LogP contribution in [0.3, 0.4) is 0 Å². The van der Waals surface area contributed by atoms with Gasteiger partial charge in [0.15, 0.2) is 0 Å². The molecule has 3 atom stereocenters. The van der Waals surface area contributed by atoms with Crippen LogP contribution in [0.1, 0.15) is 78.1 Å². The van der Waals surface area contributed by atoms with Gasteiger partial charge in [-0.15, -0.1) is 0 Å². The molecule has 19 heavy (non-hydrogen) atoms. The lowest BCUT2D eigenvalue weighted by atomic mass is 9.68. The monoisotopic (exact) mass is 266 g/mol. The minimum absolute atomic E-state index is 0.539. The molecule has 0 saturated heterocycles. The second-order valence-electron chi connectivity index (χ2n) is 7.25. The van der Waals surface area contributed by atoms with Crippen molar-refractivity contribution < 1.29 is 4.74 Å². The summed E-state index contributed by atoms with van der Waals surface area (Å²) in [6, 6.07) is 0. The quantitative estimate of drug-likeness (QED) is 0.644. The molecule has 0 aromatic rings. The maximum absolute atomic E-state index is 5.60. The number of hydrogen-bond acceptors (Lipinski definition) is 1. The minimum Gasteiger partial charge on any atom is -0.381 e. The van der Waals surface area contributed by atoms with Crippen LogP contribution in [-0.4, -0.2) is 13.2 Å². The Labute approximate surface area is 120 Å². The molecule has 2 fully saturated rings. The highest BCUT2D eigenvalue weighted by molar-refractivity contribution is 4.84. The van der Waals surface area contributed by atoms with Crippen LogP contribution in [0.5, 0.6) is 0 Å². The highest BCUT2D eigenvalue weighted by atomic mass is 16.5. The summed E-state index contributed by atoms with van der Waals surface area (Å²) in [7, 11) is 1.89. The molecule has 2 aliphatic rings. The Morgan fingerprint density at radius 3 is 2.21 bits per heavy atom. The first-order chi connectivity index (χ1) is 9.24. The third kappa shape index (κ3) is 4.21. The highest BCUT2D eigenvalue weighted by Gasteiger charge is 2.33. The molecule has 0 radical (unpaired) electrons. The smallest absolute Gasteiger partial charge is 0.0597 e. The van der Waals surface area contributed by atoms with Gasteiger partial charge in [-0.05, 0) is 55.8 Å². The zero-order valence-corrected chi connectivity index (χ0v) is 13.4. The van der Waals surface area contributed by atoms with E-state index in [4.69, 9.17) is 4.74 Å². The molecule has 0 bridgehead atoms. The molecule has 0 amide bonds. The van der Waals surface area contributed by atoms with Crippen molar-refractivity contribution in [1.82, 2.24) is 0 Å². The van der Waals surface area contributed by atoms with Crippen molar-refractivity contribution in [3.05, 3.63) is 0 Å². The Balaban J connectivity index is 1.73. The van der Waals surface area contributed by atoms with Gasteiger partial charge in [-0.3, -0.25) is 0 Å². The van der Waals surface area contributed by atoms with Crippen molar-refractivity contribution in [2.24, 2.45) is 23.7 Å². The van der Waals surface area contributed by atoms with Crippen LogP contribution in [0, 0.1) is 23.7 Å². The van der Waals surface area contributed by atoms with Crippen molar-refractivity contribution in [2.75, 3.05) is 7.11 Å².